The van der Waals surface area contributed by atoms with Crippen LogP contribution in [0.2, 0.25) is 0 Å². The van der Waals surface area contributed by atoms with Gasteiger partial charge in [-0.15, -0.1) is 0 Å². The standard InChI is InChI=1S/C12H22N4O2/c1-3-5-9(17)7-14-11-6-10(13)15-12(16-11)8-18-4-2/h6,9,17H,3-5,7-8H2,1-2H3,(H3,13,14,15,16). The van der Waals surface area contributed by atoms with Gasteiger partial charge in [-0.1, -0.05) is 13.3 Å². The minimum absolute atomic E-state index is 0.341. The molecular formula is C12H22N4O2. The van der Waals surface area contributed by atoms with Crippen LogP contribution in [0.4, 0.5) is 11.6 Å². The summed E-state index contributed by atoms with van der Waals surface area (Å²) >= 11 is 0. The van der Waals surface area contributed by atoms with Crippen molar-refractivity contribution in [2.24, 2.45) is 0 Å². The highest BCUT2D eigenvalue weighted by Gasteiger charge is 2.05. The highest BCUT2D eigenvalue weighted by Crippen LogP contribution is 2.09. The molecule has 1 rings (SSSR count). The molecule has 6 nitrogen and oxygen atoms in total. The van der Waals surface area contributed by atoms with Gasteiger partial charge in [0.15, 0.2) is 5.82 Å². The van der Waals surface area contributed by atoms with Gasteiger partial charge >= 0.3 is 0 Å². The molecule has 6 heteroatoms. The van der Waals surface area contributed by atoms with Gasteiger partial charge in [-0.3, -0.25) is 0 Å². The Hall–Kier alpha value is -1.40. The summed E-state index contributed by atoms with van der Waals surface area (Å²) < 4.78 is 5.24. The molecule has 1 atom stereocenters. The number of aliphatic hydroxyl groups excluding tert-OH is 1. The predicted octanol–water partition coefficient (Wildman–Crippen LogP) is 1.17. The first-order chi connectivity index (χ1) is 8.65. The van der Waals surface area contributed by atoms with Gasteiger partial charge in [0.05, 0.1) is 6.10 Å². The molecule has 0 aliphatic rings. The summed E-state index contributed by atoms with van der Waals surface area (Å²) in [6.45, 7) is 5.35. The largest absolute Gasteiger partial charge is 0.391 e. The van der Waals surface area contributed by atoms with Crippen molar-refractivity contribution in [1.29, 1.82) is 0 Å². The van der Waals surface area contributed by atoms with Crippen LogP contribution in [0.3, 0.4) is 0 Å². The van der Waals surface area contributed by atoms with E-state index in [1.165, 1.54) is 0 Å². The topological polar surface area (TPSA) is 93.3 Å². The van der Waals surface area contributed by atoms with Gasteiger partial charge in [0.25, 0.3) is 0 Å². The number of hydrogen-bond acceptors (Lipinski definition) is 6. The molecular weight excluding hydrogens is 232 g/mol. The highest BCUT2D eigenvalue weighted by molar-refractivity contribution is 5.44. The van der Waals surface area contributed by atoms with Gasteiger partial charge in [-0.05, 0) is 13.3 Å². The molecule has 0 aliphatic carbocycles. The molecule has 18 heavy (non-hydrogen) atoms. The maximum atomic E-state index is 9.63. The average Bonchev–Trinajstić information content (AvgIpc) is 2.34. The van der Waals surface area contributed by atoms with E-state index in [9.17, 15) is 5.11 Å². The van der Waals surface area contributed by atoms with Gasteiger partial charge in [-0.25, -0.2) is 9.97 Å². The number of nitrogens with one attached hydrogen (secondary N) is 1. The monoisotopic (exact) mass is 254 g/mol. The van der Waals surface area contributed by atoms with Crippen molar-refractivity contribution in [3.8, 4) is 0 Å². The molecule has 0 radical (unpaired) electrons. The maximum absolute atomic E-state index is 9.63. The number of anilines is 2. The van der Waals surface area contributed by atoms with E-state index in [1.54, 1.807) is 6.07 Å². The smallest absolute Gasteiger partial charge is 0.158 e. The molecule has 0 fully saturated rings. The highest BCUT2D eigenvalue weighted by atomic mass is 16.5. The lowest BCUT2D eigenvalue weighted by Gasteiger charge is -2.12. The van der Waals surface area contributed by atoms with Crippen molar-refractivity contribution in [2.75, 3.05) is 24.2 Å². The summed E-state index contributed by atoms with van der Waals surface area (Å²) in [7, 11) is 0. The fourth-order valence-electron chi connectivity index (χ4n) is 1.52. The fraction of sp³-hybridized carbons (Fsp3) is 0.667. The van der Waals surface area contributed by atoms with E-state index in [0.29, 0.717) is 37.2 Å². The summed E-state index contributed by atoms with van der Waals surface area (Å²) in [6.07, 6.45) is 1.34. The van der Waals surface area contributed by atoms with E-state index >= 15 is 0 Å². The van der Waals surface area contributed by atoms with Gasteiger partial charge in [-0.2, -0.15) is 0 Å². The molecule has 1 unspecified atom stereocenters. The first-order valence-electron chi connectivity index (χ1n) is 6.28. The van der Waals surface area contributed by atoms with Crippen molar-refractivity contribution in [1.82, 2.24) is 9.97 Å². The Morgan fingerprint density at radius 2 is 2.22 bits per heavy atom. The number of rotatable bonds is 8. The molecule has 4 N–H and O–H groups in total. The van der Waals surface area contributed by atoms with Crippen molar-refractivity contribution >= 4 is 11.6 Å². The number of aliphatic hydroxyl groups is 1. The van der Waals surface area contributed by atoms with Crippen LogP contribution in [0.1, 0.15) is 32.5 Å². The van der Waals surface area contributed by atoms with E-state index in [0.717, 1.165) is 12.8 Å². The summed E-state index contributed by atoms with van der Waals surface area (Å²) in [6, 6.07) is 1.65. The molecule has 0 saturated carbocycles. The van der Waals surface area contributed by atoms with Gasteiger partial charge in [0.1, 0.15) is 18.2 Å². The Kier molecular flexibility index (Phi) is 6.38. The number of nitrogens with two attached hydrogens (primary N) is 1. The van der Waals surface area contributed by atoms with Crippen molar-refractivity contribution in [2.45, 2.75) is 39.4 Å². The minimum atomic E-state index is -0.374. The second-order valence-electron chi connectivity index (χ2n) is 4.05. The quantitative estimate of drug-likeness (QED) is 0.644. The number of ether oxygens (including phenoxy) is 1. The Balaban J connectivity index is 2.56. The van der Waals surface area contributed by atoms with E-state index in [1.807, 2.05) is 13.8 Å². The van der Waals surface area contributed by atoms with E-state index in [4.69, 9.17) is 10.5 Å². The average molecular weight is 254 g/mol. The lowest BCUT2D eigenvalue weighted by molar-refractivity contribution is 0.128. The summed E-state index contributed by atoms with van der Waals surface area (Å²) in [5, 5.41) is 12.7. The molecule has 0 amide bonds. The summed E-state index contributed by atoms with van der Waals surface area (Å²) in [5.74, 6) is 1.56. The zero-order chi connectivity index (χ0) is 13.4. The normalized spacial score (nSPS) is 12.4. The van der Waals surface area contributed by atoms with Crippen molar-refractivity contribution in [3.05, 3.63) is 11.9 Å². The molecule has 0 spiro atoms. The Morgan fingerprint density at radius 1 is 1.44 bits per heavy atom. The van der Waals surface area contributed by atoms with Crippen molar-refractivity contribution in [3.63, 3.8) is 0 Å². The van der Waals surface area contributed by atoms with Crippen molar-refractivity contribution < 1.29 is 9.84 Å². The third-order valence-corrected chi connectivity index (χ3v) is 2.37. The van der Waals surface area contributed by atoms with Crippen LogP contribution in [0, 0.1) is 0 Å². The fourth-order valence-corrected chi connectivity index (χ4v) is 1.52. The third-order valence-electron chi connectivity index (χ3n) is 2.37. The lowest BCUT2D eigenvalue weighted by atomic mass is 10.2. The molecule has 102 valence electrons. The van der Waals surface area contributed by atoms with Crippen LogP contribution in [-0.2, 0) is 11.3 Å². The predicted molar refractivity (Wildman–Crippen MR) is 71.2 cm³/mol. The molecule has 0 bridgehead atoms. The first-order valence-corrected chi connectivity index (χ1v) is 6.28. The zero-order valence-electron chi connectivity index (χ0n) is 11.0. The van der Waals surface area contributed by atoms with Gasteiger partial charge in [0.2, 0.25) is 0 Å². The van der Waals surface area contributed by atoms with E-state index in [-0.39, 0.29) is 6.10 Å². The first kappa shape index (κ1) is 14.7. The van der Waals surface area contributed by atoms with Crippen LogP contribution in [0.15, 0.2) is 6.07 Å². The van der Waals surface area contributed by atoms with Crippen LogP contribution in [-0.4, -0.2) is 34.3 Å². The number of nitrogens with zero attached hydrogens (tertiary/aromatic N) is 2. The second kappa shape index (κ2) is 7.84. The van der Waals surface area contributed by atoms with E-state index in [2.05, 4.69) is 15.3 Å². The SMILES string of the molecule is CCCC(O)CNc1cc(N)nc(COCC)n1. The van der Waals surface area contributed by atoms with Crippen LogP contribution in [0.25, 0.3) is 0 Å². The number of hydrogen-bond donors (Lipinski definition) is 3. The maximum Gasteiger partial charge on any atom is 0.158 e. The molecule has 0 aliphatic heterocycles. The zero-order valence-corrected chi connectivity index (χ0v) is 11.0. The molecule has 1 heterocycles. The summed E-state index contributed by atoms with van der Waals surface area (Å²) in [4.78, 5) is 8.34. The Morgan fingerprint density at radius 3 is 2.89 bits per heavy atom. The number of nitrogen functional groups attached to an aromatic ring is 1. The van der Waals surface area contributed by atoms with E-state index < -0.39 is 0 Å². The molecule has 0 aromatic carbocycles. The Labute approximate surface area is 108 Å². The molecule has 1 aromatic heterocycles. The van der Waals surface area contributed by atoms with Gasteiger partial charge in [0, 0.05) is 19.2 Å². The minimum Gasteiger partial charge on any atom is -0.391 e. The molecule has 1 aromatic rings. The molecule has 0 saturated heterocycles. The van der Waals surface area contributed by atoms with Crippen LogP contribution >= 0.6 is 0 Å². The second-order valence-corrected chi connectivity index (χ2v) is 4.05. The van der Waals surface area contributed by atoms with Crippen LogP contribution in [0.5, 0.6) is 0 Å². The summed E-state index contributed by atoms with van der Waals surface area (Å²) in [5.41, 5.74) is 5.69. The Bertz CT molecular complexity index is 360. The lowest BCUT2D eigenvalue weighted by Crippen LogP contribution is -2.20. The van der Waals surface area contributed by atoms with Crippen LogP contribution < -0.4 is 11.1 Å². The third kappa shape index (κ3) is 5.29. The number of aromatic nitrogens is 2. The van der Waals surface area contributed by atoms with Gasteiger partial charge < -0.3 is 20.9 Å².